The van der Waals surface area contributed by atoms with Gasteiger partial charge in [0.05, 0.1) is 0 Å². The van der Waals surface area contributed by atoms with E-state index in [0.29, 0.717) is 12.3 Å². The molecule has 2 aromatic rings. The summed E-state index contributed by atoms with van der Waals surface area (Å²) in [4.78, 5) is 26.4. The lowest BCUT2D eigenvalue weighted by Crippen LogP contribution is -2.49. The highest BCUT2D eigenvalue weighted by Crippen LogP contribution is 2.27. The number of benzene rings is 1. The van der Waals surface area contributed by atoms with Gasteiger partial charge in [0, 0.05) is 49.4 Å². The number of rotatable bonds is 5. The van der Waals surface area contributed by atoms with Gasteiger partial charge < -0.3 is 9.80 Å². The van der Waals surface area contributed by atoms with Crippen LogP contribution in [0, 0.1) is 19.8 Å². The Kier molecular flexibility index (Phi) is 6.32. The van der Waals surface area contributed by atoms with Gasteiger partial charge in [0.1, 0.15) is 5.82 Å². The van der Waals surface area contributed by atoms with Crippen molar-refractivity contribution in [3.05, 3.63) is 41.1 Å². The van der Waals surface area contributed by atoms with E-state index in [0.717, 1.165) is 55.5 Å². The second kappa shape index (κ2) is 8.72. The van der Waals surface area contributed by atoms with Crippen molar-refractivity contribution in [2.75, 3.05) is 31.1 Å². The zero-order valence-electron chi connectivity index (χ0n) is 17.8. The lowest BCUT2D eigenvalue weighted by Gasteiger charge is -2.36. The summed E-state index contributed by atoms with van der Waals surface area (Å²) >= 11 is 0. The molecular weight excluding hydrogens is 348 g/mol. The summed E-state index contributed by atoms with van der Waals surface area (Å²) in [5, 5.41) is 0. The van der Waals surface area contributed by atoms with E-state index in [-0.39, 0.29) is 5.91 Å². The standard InChI is InChI=1S/C23H32N4O/c1-6-20-18(5)24-22(19-9-7-17(4)8-10-19)25-23(20)27-13-11-26(12-14-27)21(28)15-16(2)3/h7-10,16H,6,11-15H2,1-5H3. The van der Waals surface area contributed by atoms with Crippen molar-refractivity contribution in [1.29, 1.82) is 0 Å². The Morgan fingerprint density at radius 1 is 1.04 bits per heavy atom. The number of aryl methyl sites for hydroxylation is 2. The fourth-order valence-corrected chi connectivity index (χ4v) is 3.73. The third kappa shape index (κ3) is 4.51. The normalized spacial score (nSPS) is 14.6. The number of aromatic nitrogens is 2. The van der Waals surface area contributed by atoms with E-state index in [1.807, 2.05) is 4.90 Å². The number of carbonyl (C=O) groups excluding carboxylic acids is 1. The third-order valence-electron chi connectivity index (χ3n) is 5.37. The molecule has 0 radical (unpaired) electrons. The van der Waals surface area contributed by atoms with E-state index in [1.165, 1.54) is 11.1 Å². The molecule has 0 aliphatic carbocycles. The van der Waals surface area contributed by atoms with Crippen LogP contribution in [0.2, 0.25) is 0 Å². The first-order valence-electron chi connectivity index (χ1n) is 10.4. The molecule has 5 heteroatoms. The smallest absolute Gasteiger partial charge is 0.222 e. The first-order chi connectivity index (χ1) is 13.4. The Bertz CT molecular complexity index is 821. The molecule has 1 aliphatic heterocycles. The molecule has 0 unspecified atom stereocenters. The molecule has 1 amide bonds. The molecule has 0 saturated carbocycles. The molecule has 28 heavy (non-hydrogen) atoms. The number of hydrogen-bond acceptors (Lipinski definition) is 4. The first-order valence-corrected chi connectivity index (χ1v) is 10.4. The summed E-state index contributed by atoms with van der Waals surface area (Å²) in [6, 6.07) is 8.37. The summed E-state index contributed by atoms with van der Waals surface area (Å²) in [5.41, 5.74) is 4.52. The molecule has 3 rings (SSSR count). The van der Waals surface area contributed by atoms with Gasteiger partial charge in [-0.05, 0) is 26.2 Å². The van der Waals surface area contributed by atoms with Gasteiger partial charge in [-0.3, -0.25) is 4.79 Å². The molecule has 1 aromatic heterocycles. The number of piperazine rings is 1. The third-order valence-corrected chi connectivity index (χ3v) is 5.37. The zero-order valence-corrected chi connectivity index (χ0v) is 17.8. The van der Waals surface area contributed by atoms with Crippen molar-refractivity contribution in [1.82, 2.24) is 14.9 Å². The van der Waals surface area contributed by atoms with E-state index in [9.17, 15) is 4.79 Å². The average Bonchev–Trinajstić information content (AvgIpc) is 2.67. The van der Waals surface area contributed by atoms with Gasteiger partial charge in [-0.1, -0.05) is 50.6 Å². The summed E-state index contributed by atoms with van der Waals surface area (Å²) in [5.74, 6) is 2.48. The predicted molar refractivity (Wildman–Crippen MR) is 115 cm³/mol. The summed E-state index contributed by atoms with van der Waals surface area (Å²) < 4.78 is 0. The minimum Gasteiger partial charge on any atom is -0.353 e. The number of carbonyl (C=O) groups is 1. The lowest BCUT2D eigenvalue weighted by atomic mass is 10.1. The quantitative estimate of drug-likeness (QED) is 0.786. The highest BCUT2D eigenvalue weighted by atomic mass is 16.2. The van der Waals surface area contributed by atoms with Crippen LogP contribution in [0.4, 0.5) is 5.82 Å². The molecule has 1 saturated heterocycles. The predicted octanol–water partition coefficient (Wildman–Crippen LogP) is 4.02. The van der Waals surface area contributed by atoms with Crippen LogP contribution in [-0.4, -0.2) is 47.0 Å². The summed E-state index contributed by atoms with van der Waals surface area (Å²) in [6.07, 6.45) is 1.53. The highest BCUT2D eigenvalue weighted by molar-refractivity contribution is 5.76. The molecule has 5 nitrogen and oxygen atoms in total. The van der Waals surface area contributed by atoms with Crippen molar-refractivity contribution in [3.8, 4) is 11.4 Å². The van der Waals surface area contributed by atoms with Crippen molar-refractivity contribution in [2.45, 2.75) is 47.5 Å². The van der Waals surface area contributed by atoms with Crippen LogP contribution < -0.4 is 4.90 Å². The summed E-state index contributed by atoms with van der Waals surface area (Å²) in [7, 11) is 0. The van der Waals surface area contributed by atoms with E-state index in [2.05, 4.69) is 63.8 Å². The maximum Gasteiger partial charge on any atom is 0.222 e. The van der Waals surface area contributed by atoms with E-state index in [1.54, 1.807) is 0 Å². The molecule has 150 valence electrons. The van der Waals surface area contributed by atoms with Gasteiger partial charge in [0.25, 0.3) is 0 Å². The molecule has 1 aliphatic rings. The van der Waals surface area contributed by atoms with Crippen molar-refractivity contribution < 1.29 is 4.79 Å². The van der Waals surface area contributed by atoms with Crippen molar-refractivity contribution in [2.24, 2.45) is 5.92 Å². The Balaban J connectivity index is 1.83. The molecule has 0 bridgehead atoms. The highest BCUT2D eigenvalue weighted by Gasteiger charge is 2.25. The molecule has 0 N–H and O–H groups in total. The number of anilines is 1. The molecular formula is C23H32N4O. The lowest BCUT2D eigenvalue weighted by molar-refractivity contribution is -0.132. The number of hydrogen-bond donors (Lipinski definition) is 0. The van der Waals surface area contributed by atoms with Gasteiger partial charge in [0.2, 0.25) is 5.91 Å². The second-order valence-corrected chi connectivity index (χ2v) is 8.12. The maximum atomic E-state index is 12.4. The Hall–Kier alpha value is -2.43. The van der Waals surface area contributed by atoms with E-state index >= 15 is 0 Å². The van der Waals surface area contributed by atoms with Crippen LogP contribution >= 0.6 is 0 Å². The first kappa shape index (κ1) is 20.3. The van der Waals surface area contributed by atoms with Gasteiger partial charge in [-0.25, -0.2) is 9.97 Å². The Morgan fingerprint density at radius 2 is 1.68 bits per heavy atom. The van der Waals surface area contributed by atoms with Gasteiger partial charge in [-0.2, -0.15) is 0 Å². The van der Waals surface area contributed by atoms with Crippen LogP contribution in [0.25, 0.3) is 11.4 Å². The minimum absolute atomic E-state index is 0.268. The minimum atomic E-state index is 0.268. The van der Waals surface area contributed by atoms with Crippen LogP contribution in [0.1, 0.15) is 44.0 Å². The van der Waals surface area contributed by atoms with Crippen molar-refractivity contribution in [3.63, 3.8) is 0 Å². The fourth-order valence-electron chi connectivity index (χ4n) is 3.73. The summed E-state index contributed by atoms with van der Waals surface area (Å²) in [6.45, 7) is 13.7. The largest absolute Gasteiger partial charge is 0.353 e. The molecule has 0 spiro atoms. The van der Waals surface area contributed by atoms with Crippen LogP contribution in [-0.2, 0) is 11.2 Å². The second-order valence-electron chi connectivity index (χ2n) is 8.12. The molecule has 1 aromatic carbocycles. The van der Waals surface area contributed by atoms with Gasteiger partial charge >= 0.3 is 0 Å². The van der Waals surface area contributed by atoms with Crippen LogP contribution in [0.3, 0.4) is 0 Å². The van der Waals surface area contributed by atoms with Gasteiger partial charge in [0.15, 0.2) is 5.82 Å². The number of nitrogens with zero attached hydrogens (tertiary/aromatic N) is 4. The number of amides is 1. The van der Waals surface area contributed by atoms with Crippen LogP contribution in [0.5, 0.6) is 0 Å². The topological polar surface area (TPSA) is 49.3 Å². The Morgan fingerprint density at radius 3 is 2.25 bits per heavy atom. The molecule has 2 heterocycles. The van der Waals surface area contributed by atoms with Crippen molar-refractivity contribution >= 4 is 11.7 Å². The average molecular weight is 381 g/mol. The fraction of sp³-hybridized carbons (Fsp3) is 0.522. The van der Waals surface area contributed by atoms with Crippen LogP contribution in [0.15, 0.2) is 24.3 Å². The zero-order chi connectivity index (χ0) is 20.3. The maximum absolute atomic E-state index is 12.4. The molecule has 1 fully saturated rings. The SMILES string of the molecule is CCc1c(C)nc(-c2ccc(C)cc2)nc1N1CCN(C(=O)CC(C)C)CC1. The molecule has 0 atom stereocenters. The monoisotopic (exact) mass is 380 g/mol. The van der Waals surface area contributed by atoms with E-state index in [4.69, 9.17) is 9.97 Å². The Labute approximate surface area is 168 Å². The van der Waals surface area contributed by atoms with Gasteiger partial charge in [-0.15, -0.1) is 0 Å². The van der Waals surface area contributed by atoms with E-state index < -0.39 is 0 Å².